The van der Waals surface area contributed by atoms with Crippen LogP contribution in [0.15, 0.2) is 54.6 Å². The lowest BCUT2D eigenvalue weighted by Gasteiger charge is -2.15. The Morgan fingerprint density at radius 1 is 1.00 bits per heavy atom. The van der Waals surface area contributed by atoms with E-state index >= 15 is 0 Å². The van der Waals surface area contributed by atoms with Crippen molar-refractivity contribution in [2.45, 2.75) is 18.1 Å². The minimum atomic E-state index is -3.35. The van der Waals surface area contributed by atoms with E-state index in [2.05, 4.69) is 0 Å². The highest BCUT2D eigenvalue weighted by Crippen LogP contribution is 2.29. The van der Waals surface area contributed by atoms with E-state index in [1.165, 1.54) is 0 Å². The summed E-state index contributed by atoms with van der Waals surface area (Å²) in [6.07, 6.45) is 1.06. The van der Waals surface area contributed by atoms with Crippen LogP contribution in [0.3, 0.4) is 0 Å². The standard InChI is InChI=1S/C17H18O4S/c1-22(20,21)16(11-12-17(18)19)15-9-7-14(8-10-15)13-5-3-2-4-6-13/h2-10,16H,11-12H2,1H3,(H,18,19). The van der Waals surface area contributed by atoms with Gasteiger partial charge in [0.25, 0.3) is 0 Å². The van der Waals surface area contributed by atoms with Crippen LogP contribution in [0.2, 0.25) is 0 Å². The predicted molar refractivity (Wildman–Crippen MR) is 86.3 cm³/mol. The largest absolute Gasteiger partial charge is 0.481 e. The summed E-state index contributed by atoms with van der Waals surface area (Å²) in [6, 6.07) is 17.0. The minimum absolute atomic E-state index is 0.0822. The van der Waals surface area contributed by atoms with Crippen molar-refractivity contribution in [2.75, 3.05) is 6.26 Å². The molecule has 0 saturated carbocycles. The molecule has 22 heavy (non-hydrogen) atoms. The molecule has 1 N–H and O–H groups in total. The minimum Gasteiger partial charge on any atom is -0.481 e. The van der Waals surface area contributed by atoms with Gasteiger partial charge in [-0.3, -0.25) is 4.79 Å². The van der Waals surface area contributed by atoms with Gasteiger partial charge in [-0.15, -0.1) is 0 Å². The van der Waals surface area contributed by atoms with E-state index in [4.69, 9.17) is 5.11 Å². The van der Waals surface area contributed by atoms with Crippen LogP contribution in [-0.2, 0) is 14.6 Å². The van der Waals surface area contributed by atoms with Crippen LogP contribution in [0.4, 0.5) is 0 Å². The highest BCUT2D eigenvalue weighted by atomic mass is 32.2. The van der Waals surface area contributed by atoms with Crippen LogP contribution in [-0.4, -0.2) is 25.7 Å². The fraction of sp³-hybridized carbons (Fsp3) is 0.235. The summed E-state index contributed by atoms with van der Waals surface area (Å²) in [5.41, 5.74) is 2.67. The fourth-order valence-corrected chi connectivity index (χ4v) is 3.60. The molecule has 2 aromatic rings. The summed E-state index contributed by atoms with van der Waals surface area (Å²) in [6.45, 7) is 0. The zero-order valence-corrected chi connectivity index (χ0v) is 13.1. The first-order valence-electron chi connectivity index (χ1n) is 6.94. The van der Waals surface area contributed by atoms with Crippen LogP contribution in [0.1, 0.15) is 23.7 Å². The van der Waals surface area contributed by atoms with E-state index in [9.17, 15) is 13.2 Å². The molecule has 0 fully saturated rings. The molecule has 1 unspecified atom stereocenters. The maximum Gasteiger partial charge on any atom is 0.303 e. The SMILES string of the molecule is CS(=O)(=O)C(CCC(=O)O)c1ccc(-c2ccccc2)cc1. The molecule has 0 saturated heterocycles. The van der Waals surface area contributed by atoms with Crippen LogP contribution < -0.4 is 0 Å². The second-order valence-electron chi connectivity index (χ2n) is 5.24. The van der Waals surface area contributed by atoms with Crippen molar-refractivity contribution in [1.82, 2.24) is 0 Å². The topological polar surface area (TPSA) is 71.4 Å². The van der Waals surface area contributed by atoms with Crippen LogP contribution in [0.5, 0.6) is 0 Å². The van der Waals surface area contributed by atoms with Crippen molar-refractivity contribution in [3.05, 3.63) is 60.2 Å². The molecular formula is C17H18O4S. The summed E-state index contributed by atoms with van der Waals surface area (Å²) < 4.78 is 23.8. The van der Waals surface area contributed by atoms with Gasteiger partial charge in [-0.25, -0.2) is 8.42 Å². The van der Waals surface area contributed by atoms with Gasteiger partial charge >= 0.3 is 5.97 Å². The summed E-state index contributed by atoms with van der Waals surface area (Å²) in [5, 5.41) is 7.99. The monoisotopic (exact) mass is 318 g/mol. The molecule has 0 spiro atoms. The van der Waals surface area contributed by atoms with Gasteiger partial charge < -0.3 is 5.11 Å². The molecule has 1 atom stereocenters. The Bertz CT molecular complexity index is 734. The van der Waals surface area contributed by atoms with Gasteiger partial charge in [0.2, 0.25) is 0 Å². The summed E-state index contributed by atoms with van der Waals surface area (Å²) in [7, 11) is -3.35. The molecule has 0 aliphatic carbocycles. The first-order chi connectivity index (χ1) is 10.4. The summed E-state index contributed by atoms with van der Waals surface area (Å²) in [4.78, 5) is 10.7. The van der Waals surface area contributed by atoms with Gasteiger partial charge in [0.15, 0.2) is 9.84 Å². The first kappa shape index (κ1) is 16.2. The van der Waals surface area contributed by atoms with Gasteiger partial charge in [-0.1, -0.05) is 54.6 Å². The van der Waals surface area contributed by atoms with Gasteiger partial charge in [-0.05, 0) is 23.1 Å². The van der Waals surface area contributed by atoms with E-state index in [0.29, 0.717) is 5.56 Å². The van der Waals surface area contributed by atoms with E-state index in [1.54, 1.807) is 12.1 Å². The number of carbonyl (C=O) groups is 1. The van der Waals surface area contributed by atoms with Crippen molar-refractivity contribution in [2.24, 2.45) is 0 Å². The molecule has 2 aromatic carbocycles. The highest BCUT2D eigenvalue weighted by Gasteiger charge is 2.23. The van der Waals surface area contributed by atoms with Crippen molar-refractivity contribution in [1.29, 1.82) is 0 Å². The van der Waals surface area contributed by atoms with Crippen molar-refractivity contribution in [3.8, 4) is 11.1 Å². The maximum absolute atomic E-state index is 11.9. The Kier molecular flexibility index (Phi) is 4.98. The van der Waals surface area contributed by atoms with E-state index in [1.807, 2.05) is 42.5 Å². The average molecular weight is 318 g/mol. The highest BCUT2D eigenvalue weighted by molar-refractivity contribution is 7.90. The normalized spacial score (nSPS) is 12.8. The van der Waals surface area contributed by atoms with Crippen LogP contribution >= 0.6 is 0 Å². The Balaban J connectivity index is 2.28. The third kappa shape index (κ3) is 4.18. The summed E-state index contributed by atoms with van der Waals surface area (Å²) in [5.74, 6) is -0.991. The van der Waals surface area contributed by atoms with Crippen molar-refractivity contribution >= 4 is 15.8 Å². The van der Waals surface area contributed by atoms with Gasteiger partial charge in [0, 0.05) is 12.7 Å². The number of hydrogen-bond acceptors (Lipinski definition) is 3. The lowest BCUT2D eigenvalue weighted by Crippen LogP contribution is -2.13. The van der Waals surface area contributed by atoms with E-state index < -0.39 is 21.1 Å². The second-order valence-corrected chi connectivity index (χ2v) is 7.47. The Labute approximate surface area is 130 Å². The average Bonchev–Trinajstić information content (AvgIpc) is 2.47. The molecule has 5 heteroatoms. The third-order valence-electron chi connectivity index (χ3n) is 3.53. The molecule has 116 valence electrons. The molecule has 0 aromatic heterocycles. The number of aliphatic carboxylic acids is 1. The molecule has 0 heterocycles. The fourth-order valence-electron chi connectivity index (χ4n) is 2.40. The zero-order chi connectivity index (χ0) is 16.2. The zero-order valence-electron chi connectivity index (χ0n) is 12.3. The molecule has 0 radical (unpaired) electrons. The molecule has 0 bridgehead atoms. The first-order valence-corrected chi connectivity index (χ1v) is 8.89. The van der Waals surface area contributed by atoms with Crippen molar-refractivity contribution < 1.29 is 18.3 Å². The van der Waals surface area contributed by atoms with E-state index in [0.717, 1.165) is 17.4 Å². The Morgan fingerprint density at radius 3 is 2.05 bits per heavy atom. The molecule has 2 rings (SSSR count). The summed E-state index contributed by atoms with van der Waals surface area (Å²) >= 11 is 0. The maximum atomic E-state index is 11.9. The molecule has 0 aliphatic heterocycles. The number of sulfone groups is 1. The Morgan fingerprint density at radius 2 is 1.55 bits per heavy atom. The number of rotatable bonds is 6. The quantitative estimate of drug-likeness (QED) is 0.887. The molecule has 0 amide bonds. The van der Waals surface area contributed by atoms with E-state index in [-0.39, 0.29) is 12.8 Å². The molecule has 4 nitrogen and oxygen atoms in total. The number of hydrogen-bond donors (Lipinski definition) is 1. The van der Waals surface area contributed by atoms with Crippen LogP contribution in [0.25, 0.3) is 11.1 Å². The van der Waals surface area contributed by atoms with Crippen LogP contribution in [0, 0.1) is 0 Å². The van der Waals surface area contributed by atoms with Gasteiger partial charge in [-0.2, -0.15) is 0 Å². The lowest BCUT2D eigenvalue weighted by atomic mass is 10.0. The van der Waals surface area contributed by atoms with Gasteiger partial charge in [0.05, 0.1) is 5.25 Å². The van der Waals surface area contributed by atoms with Crippen molar-refractivity contribution in [3.63, 3.8) is 0 Å². The number of benzene rings is 2. The number of carboxylic acids is 1. The second kappa shape index (κ2) is 6.75. The molecular weight excluding hydrogens is 300 g/mol. The predicted octanol–water partition coefficient (Wildman–Crippen LogP) is 3.30. The molecule has 0 aliphatic rings. The smallest absolute Gasteiger partial charge is 0.303 e. The number of carboxylic acid groups (broad SMARTS) is 1. The third-order valence-corrected chi connectivity index (χ3v) is 5.07. The Hall–Kier alpha value is -2.14. The lowest BCUT2D eigenvalue weighted by molar-refractivity contribution is -0.137. The van der Waals surface area contributed by atoms with Gasteiger partial charge in [0.1, 0.15) is 0 Å².